The minimum atomic E-state index is -0.499. The summed E-state index contributed by atoms with van der Waals surface area (Å²) in [6.07, 6.45) is 0.0306. The predicted octanol–water partition coefficient (Wildman–Crippen LogP) is 3.68. The highest BCUT2D eigenvalue weighted by molar-refractivity contribution is 7.14. The fraction of sp³-hybridized carbons (Fsp3) is 0.167. The third kappa shape index (κ3) is 4.76. The van der Waals surface area contributed by atoms with E-state index < -0.39 is 5.63 Å². The molecule has 10 heteroatoms. The first-order chi connectivity index (χ1) is 16.5. The number of carbonyl (C=O) groups excluding carboxylic acids is 2. The van der Waals surface area contributed by atoms with Crippen LogP contribution in [-0.2, 0) is 16.1 Å². The van der Waals surface area contributed by atoms with Crippen LogP contribution in [0.1, 0.15) is 18.4 Å². The van der Waals surface area contributed by atoms with Crippen LogP contribution in [0.25, 0.3) is 22.2 Å². The molecule has 172 valence electrons. The van der Waals surface area contributed by atoms with Crippen molar-refractivity contribution in [2.45, 2.75) is 19.4 Å². The minimum Gasteiger partial charge on any atom is -0.454 e. The van der Waals surface area contributed by atoms with Crippen LogP contribution in [-0.4, -0.2) is 23.6 Å². The van der Waals surface area contributed by atoms with Crippen LogP contribution in [0.2, 0.25) is 0 Å². The van der Waals surface area contributed by atoms with Gasteiger partial charge in [-0.2, -0.15) is 0 Å². The summed E-state index contributed by atoms with van der Waals surface area (Å²) in [7, 11) is 0. The standard InChI is InChI=1S/C24H19N3O6S/c28-21(25-11-14-5-6-19-20(9-14)32-13-31-19)7-8-22(29)27-24-26-17(12-34-24)16-10-15-3-1-2-4-18(15)33-23(16)30/h1-6,9-10,12H,7-8,11,13H2,(H,25,28)(H,26,27,29). The number of nitrogens with zero attached hydrogens (tertiary/aromatic N) is 1. The number of hydrogen-bond donors (Lipinski definition) is 2. The van der Waals surface area contributed by atoms with Crippen molar-refractivity contribution in [2.75, 3.05) is 12.1 Å². The van der Waals surface area contributed by atoms with Crippen molar-refractivity contribution in [1.29, 1.82) is 0 Å². The van der Waals surface area contributed by atoms with Crippen LogP contribution in [0.15, 0.2) is 63.1 Å². The lowest BCUT2D eigenvalue weighted by molar-refractivity contribution is -0.124. The van der Waals surface area contributed by atoms with E-state index in [0.29, 0.717) is 40.0 Å². The van der Waals surface area contributed by atoms with E-state index in [1.807, 2.05) is 24.3 Å². The SMILES string of the molecule is O=C(CCC(=O)Nc1nc(-c2cc3ccccc3oc2=O)cs1)NCc1ccc2c(c1)OCO2. The fourth-order valence-electron chi connectivity index (χ4n) is 3.44. The number of aromatic nitrogens is 1. The first-order valence-corrected chi connectivity index (χ1v) is 11.4. The number of thiazole rings is 1. The van der Waals surface area contributed by atoms with Gasteiger partial charge in [0.15, 0.2) is 16.6 Å². The van der Waals surface area contributed by atoms with Crippen LogP contribution in [0.4, 0.5) is 5.13 Å². The number of para-hydroxylation sites is 1. The summed E-state index contributed by atoms with van der Waals surface area (Å²) in [5.41, 5.74) is 1.60. The van der Waals surface area contributed by atoms with Gasteiger partial charge in [0.1, 0.15) is 5.58 Å². The van der Waals surface area contributed by atoms with E-state index >= 15 is 0 Å². The molecule has 4 aromatic rings. The summed E-state index contributed by atoms with van der Waals surface area (Å²) in [6.45, 7) is 0.512. The average molecular weight is 477 g/mol. The average Bonchev–Trinajstić information content (AvgIpc) is 3.50. The van der Waals surface area contributed by atoms with Crippen LogP contribution in [0.3, 0.4) is 0 Å². The van der Waals surface area contributed by atoms with Crippen molar-refractivity contribution >= 4 is 39.3 Å². The molecule has 2 aromatic carbocycles. The van der Waals surface area contributed by atoms with Crippen molar-refractivity contribution in [3.05, 3.63) is 69.9 Å². The molecule has 0 bridgehead atoms. The molecule has 34 heavy (non-hydrogen) atoms. The smallest absolute Gasteiger partial charge is 0.345 e. The number of benzene rings is 2. The van der Waals surface area contributed by atoms with Gasteiger partial charge >= 0.3 is 5.63 Å². The zero-order chi connectivity index (χ0) is 23.5. The lowest BCUT2D eigenvalue weighted by atomic mass is 10.1. The quantitative estimate of drug-likeness (QED) is 0.390. The zero-order valence-corrected chi connectivity index (χ0v) is 18.6. The lowest BCUT2D eigenvalue weighted by Gasteiger charge is -2.06. The topological polar surface area (TPSA) is 120 Å². The molecule has 0 radical (unpaired) electrons. The molecule has 0 aliphatic carbocycles. The number of amides is 2. The van der Waals surface area contributed by atoms with Crippen LogP contribution < -0.4 is 25.7 Å². The number of anilines is 1. The predicted molar refractivity (Wildman–Crippen MR) is 126 cm³/mol. The van der Waals surface area contributed by atoms with E-state index in [1.54, 1.807) is 29.6 Å². The molecular formula is C24H19N3O6S. The second-order valence-electron chi connectivity index (χ2n) is 7.54. The van der Waals surface area contributed by atoms with E-state index in [-0.39, 0.29) is 31.4 Å². The van der Waals surface area contributed by atoms with E-state index in [4.69, 9.17) is 13.9 Å². The maximum absolute atomic E-state index is 12.3. The van der Waals surface area contributed by atoms with Gasteiger partial charge in [-0.25, -0.2) is 9.78 Å². The van der Waals surface area contributed by atoms with Crippen LogP contribution >= 0.6 is 11.3 Å². The summed E-state index contributed by atoms with van der Waals surface area (Å²) in [4.78, 5) is 41.0. The van der Waals surface area contributed by atoms with Crippen molar-refractivity contribution in [3.63, 3.8) is 0 Å². The first kappa shape index (κ1) is 21.7. The van der Waals surface area contributed by atoms with Crippen molar-refractivity contribution < 1.29 is 23.5 Å². The van der Waals surface area contributed by atoms with Crippen LogP contribution in [0.5, 0.6) is 11.5 Å². The number of fused-ring (bicyclic) bond motifs is 2. The summed E-state index contributed by atoms with van der Waals surface area (Å²) in [6, 6.07) is 14.4. The Morgan fingerprint density at radius 3 is 2.74 bits per heavy atom. The molecular weight excluding hydrogens is 458 g/mol. The highest BCUT2D eigenvalue weighted by atomic mass is 32.1. The molecule has 2 N–H and O–H groups in total. The molecule has 3 heterocycles. The molecule has 2 aromatic heterocycles. The Kier molecular flexibility index (Phi) is 5.96. The second kappa shape index (κ2) is 9.36. The van der Waals surface area contributed by atoms with Crippen molar-refractivity contribution in [1.82, 2.24) is 10.3 Å². The molecule has 0 saturated heterocycles. The van der Waals surface area contributed by atoms with Gasteiger partial charge in [0.2, 0.25) is 18.6 Å². The van der Waals surface area contributed by atoms with Gasteiger partial charge in [-0.3, -0.25) is 9.59 Å². The summed E-state index contributed by atoms with van der Waals surface area (Å²) in [5.74, 6) is 0.736. The first-order valence-electron chi connectivity index (χ1n) is 10.5. The largest absolute Gasteiger partial charge is 0.454 e. The third-order valence-corrected chi connectivity index (χ3v) is 5.93. The minimum absolute atomic E-state index is 0.000000941. The molecule has 0 saturated carbocycles. The molecule has 2 amide bonds. The molecule has 0 atom stereocenters. The van der Waals surface area contributed by atoms with Gasteiger partial charge < -0.3 is 24.5 Å². The van der Waals surface area contributed by atoms with E-state index in [9.17, 15) is 14.4 Å². The molecule has 5 rings (SSSR count). The van der Waals surface area contributed by atoms with E-state index in [0.717, 1.165) is 10.9 Å². The van der Waals surface area contributed by atoms with Gasteiger partial charge in [-0.05, 0) is 29.8 Å². The highest BCUT2D eigenvalue weighted by Crippen LogP contribution is 2.32. The number of nitrogens with one attached hydrogen (secondary N) is 2. The van der Waals surface area contributed by atoms with Gasteiger partial charge in [0.25, 0.3) is 0 Å². The highest BCUT2D eigenvalue weighted by Gasteiger charge is 2.15. The maximum atomic E-state index is 12.3. The normalized spacial score (nSPS) is 12.0. The summed E-state index contributed by atoms with van der Waals surface area (Å²) >= 11 is 1.19. The Balaban J connectivity index is 1.13. The summed E-state index contributed by atoms with van der Waals surface area (Å²) in [5, 5.41) is 8.25. The maximum Gasteiger partial charge on any atom is 0.345 e. The van der Waals surface area contributed by atoms with Crippen LogP contribution in [0, 0.1) is 0 Å². The second-order valence-corrected chi connectivity index (χ2v) is 8.39. The van der Waals surface area contributed by atoms with Crippen molar-refractivity contribution in [2.24, 2.45) is 0 Å². The number of hydrogen-bond acceptors (Lipinski definition) is 8. The van der Waals surface area contributed by atoms with Gasteiger partial charge in [-0.1, -0.05) is 24.3 Å². The molecule has 0 fully saturated rings. The number of ether oxygens (including phenoxy) is 2. The number of rotatable bonds is 7. The van der Waals surface area contributed by atoms with E-state index in [1.165, 1.54) is 11.3 Å². The molecule has 0 unspecified atom stereocenters. The zero-order valence-electron chi connectivity index (χ0n) is 17.8. The van der Waals surface area contributed by atoms with Crippen molar-refractivity contribution in [3.8, 4) is 22.8 Å². The summed E-state index contributed by atoms with van der Waals surface area (Å²) < 4.78 is 15.9. The number of carbonyl (C=O) groups is 2. The van der Waals surface area contributed by atoms with E-state index in [2.05, 4.69) is 15.6 Å². The Bertz CT molecular complexity index is 1440. The lowest BCUT2D eigenvalue weighted by Crippen LogP contribution is -2.24. The van der Waals surface area contributed by atoms with Gasteiger partial charge in [-0.15, -0.1) is 11.3 Å². The molecule has 1 aliphatic heterocycles. The Labute approximate surface area is 197 Å². The Hall–Kier alpha value is -4.18. The Morgan fingerprint density at radius 2 is 1.82 bits per heavy atom. The third-order valence-electron chi connectivity index (χ3n) is 5.17. The Morgan fingerprint density at radius 1 is 1.00 bits per heavy atom. The van der Waals surface area contributed by atoms with Gasteiger partial charge in [0.05, 0.1) is 11.3 Å². The fourth-order valence-corrected chi connectivity index (χ4v) is 4.17. The monoisotopic (exact) mass is 477 g/mol. The molecule has 0 spiro atoms. The molecule has 1 aliphatic rings. The molecule has 9 nitrogen and oxygen atoms in total. The van der Waals surface area contributed by atoms with Gasteiger partial charge in [0, 0.05) is 30.2 Å².